The highest BCUT2D eigenvalue weighted by molar-refractivity contribution is 5.86. The van der Waals surface area contributed by atoms with Crippen molar-refractivity contribution in [1.82, 2.24) is 10.2 Å². The largest absolute Gasteiger partial charge is 0.494 e. The maximum absolute atomic E-state index is 11.4. The molecule has 0 spiro atoms. The van der Waals surface area contributed by atoms with E-state index in [0.717, 1.165) is 44.1 Å². The Balaban J connectivity index is 1.71. The summed E-state index contributed by atoms with van der Waals surface area (Å²) in [5.74, 6) is 1.23. The van der Waals surface area contributed by atoms with Gasteiger partial charge < -0.3 is 14.4 Å². The molecule has 1 aromatic carbocycles. The molecule has 0 atom stereocenters. The Kier molecular flexibility index (Phi) is 4.93. The predicted molar refractivity (Wildman–Crippen MR) is 90.4 cm³/mol. The van der Waals surface area contributed by atoms with Gasteiger partial charge in [-0.1, -0.05) is 13.0 Å². The van der Waals surface area contributed by atoms with Crippen molar-refractivity contribution in [3.63, 3.8) is 0 Å². The van der Waals surface area contributed by atoms with Crippen molar-refractivity contribution in [2.24, 2.45) is 0 Å². The summed E-state index contributed by atoms with van der Waals surface area (Å²) in [6.07, 6.45) is 1.93. The summed E-state index contributed by atoms with van der Waals surface area (Å²) in [4.78, 5) is 13.6. The van der Waals surface area contributed by atoms with Crippen LogP contribution < -0.4 is 9.64 Å². The minimum Gasteiger partial charge on any atom is -0.494 e. The maximum atomic E-state index is 11.4. The molecule has 0 aliphatic carbocycles. The highest BCUT2D eigenvalue weighted by Gasteiger charge is 2.19. The molecule has 1 aliphatic rings. The first-order valence-corrected chi connectivity index (χ1v) is 8.13. The standard InChI is InChI=1S/C18H21N3O3/c1-3-10-24-15-5-4-14-12-21(9-8-13(14)11-15)17-7-6-16(19-20-17)18(22)23-2/h4-7,11H,3,8-10,12H2,1-2H3. The summed E-state index contributed by atoms with van der Waals surface area (Å²) >= 11 is 0. The first kappa shape index (κ1) is 16.2. The fourth-order valence-corrected chi connectivity index (χ4v) is 2.74. The van der Waals surface area contributed by atoms with Crippen LogP contribution in [-0.4, -0.2) is 36.4 Å². The van der Waals surface area contributed by atoms with Crippen LogP contribution in [0.3, 0.4) is 0 Å². The number of methoxy groups -OCH3 is 1. The van der Waals surface area contributed by atoms with E-state index < -0.39 is 5.97 Å². The van der Waals surface area contributed by atoms with Gasteiger partial charge in [0, 0.05) is 13.1 Å². The number of carbonyl (C=O) groups is 1. The number of nitrogens with zero attached hydrogens (tertiary/aromatic N) is 3. The van der Waals surface area contributed by atoms with Crippen LogP contribution in [0.25, 0.3) is 0 Å². The lowest BCUT2D eigenvalue weighted by Crippen LogP contribution is -2.31. The van der Waals surface area contributed by atoms with Crippen LogP contribution in [0.15, 0.2) is 30.3 Å². The average molecular weight is 327 g/mol. The van der Waals surface area contributed by atoms with E-state index in [4.69, 9.17) is 4.74 Å². The topological polar surface area (TPSA) is 64.5 Å². The molecule has 0 N–H and O–H groups in total. The zero-order valence-corrected chi connectivity index (χ0v) is 14.0. The molecular weight excluding hydrogens is 306 g/mol. The van der Waals surface area contributed by atoms with Gasteiger partial charge in [0.2, 0.25) is 0 Å². The van der Waals surface area contributed by atoms with Crippen molar-refractivity contribution in [2.75, 3.05) is 25.2 Å². The highest BCUT2D eigenvalue weighted by atomic mass is 16.5. The van der Waals surface area contributed by atoms with E-state index in [1.54, 1.807) is 6.07 Å². The normalized spacial score (nSPS) is 13.3. The van der Waals surface area contributed by atoms with Crippen molar-refractivity contribution in [3.8, 4) is 5.75 Å². The van der Waals surface area contributed by atoms with E-state index in [1.807, 2.05) is 12.1 Å². The maximum Gasteiger partial charge on any atom is 0.358 e. The van der Waals surface area contributed by atoms with Gasteiger partial charge >= 0.3 is 5.97 Å². The number of anilines is 1. The molecule has 0 unspecified atom stereocenters. The first-order chi connectivity index (χ1) is 11.7. The first-order valence-electron chi connectivity index (χ1n) is 8.13. The molecule has 24 heavy (non-hydrogen) atoms. The van der Waals surface area contributed by atoms with Crippen molar-refractivity contribution < 1.29 is 14.3 Å². The third kappa shape index (κ3) is 3.48. The number of fused-ring (bicyclic) bond motifs is 1. The Bertz CT molecular complexity index is 716. The van der Waals surface area contributed by atoms with Gasteiger partial charge in [0.1, 0.15) is 5.75 Å². The van der Waals surface area contributed by atoms with Gasteiger partial charge in [0.15, 0.2) is 11.5 Å². The quantitative estimate of drug-likeness (QED) is 0.787. The molecule has 2 aromatic rings. The molecule has 0 fully saturated rings. The van der Waals surface area contributed by atoms with Crippen molar-refractivity contribution in [3.05, 3.63) is 47.2 Å². The molecule has 2 heterocycles. The molecule has 1 aromatic heterocycles. The van der Waals surface area contributed by atoms with Gasteiger partial charge in [0.25, 0.3) is 0 Å². The zero-order chi connectivity index (χ0) is 16.9. The van der Waals surface area contributed by atoms with Gasteiger partial charge in [-0.2, -0.15) is 0 Å². The summed E-state index contributed by atoms with van der Waals surface area (Å²) in [7, 11) is 1.33. The number of esters is 1. The highest BCUT2D eigenvalue weighted by Crippen LogP contribution is 2.26. The Labute approximate surface area is 141 Å². The van der Waals surface area contributed by atoms with Gasteiger partial charge in [-0.05, 0) is 48.2 Å². The Morgan fingerprint density at radius 2 is 2.08 bits per heavy atom. The monoisotopic (exact) mass is 327 g/mol. The summed E-state index contributed by atoms with van der Waals surface area (Å²) in [6.45, 7) is 4.47. The van der Waals surface area contributed by atoms with E-state index in [1.165, 1.54) is 18.2 Å². The number of ether oxygens (including phenoxy) is 2. The van der Waals surface area contributed by atoms with Crippen molar-refractivity contribution >= 4 is 11.8 Å². The summed E-state index contributed by atoms with van der Waals surface area (Å²) in [5, 5.41) is 8.10. The summed E-state index contributed by atoms with van der Waals surface area (Å²) < 4.78 is 10.3. The Morgan fingerprint density at radius 1 is 1.21 bits per heavy atom. The number of aromatic nitrogens is 2. The smallest absolute Gasteiger partial charge is 0.358 e. The molecule has 3 rings (SSSR count). The lowest BCUT2D eigenvalue weighted by atomic mass is 9.99. The lowest BCUT2D eigenvalue weighted by molar-refractivity contribution is 0.0592. The van der Waals surface area contributed by atoms with E-state index in [-0.39, 0.29) is 5.69 Å². The van der Waals surface area contributed by atoms with E-state index >= 15 is 0 Å². The molecule has 0 saturated carbocycles. The summed E-state index contributed by atoms with van der Waals surface area (Å²) in [5.41, 5.74) is 2.80. The van der Waals surface area contributed by atoms with E-state index in [0.29, 0.717) is 0 Å². The van der Waals surface area contributed by atoms with Gasteiger partial charge in [0.05, 0.1) is 13.7 Å². The number of carbonyl (C=O) groups excluding carboxylic acids is 1. The second kappa shape index (κ2) is 7.29. The Hall–Kier alpha value is -2.63. The SMILES string of the molecule is CCCOc1ccc2c(c1)CCN(c1ccc(C(=O)OC)nn1)C2. The molecule has 0 radical (unpaired) electrons. The molecule has 126 valence electrons. The van der Waals surface area contributed by atoms with Crippen LogP contribution in [0.5, 0.6) is 5.75 Å². The number of hydrogen-bond acceptors (Lipinski definition) is 6. The van der Waals surface area contributed by atoms with E-state index in [9.17, 15) is 4.79 Å². The second-order valence-electron chi connectivity index (χ2n) is 5.72. The van der Waals surface area contributed by atoms with Gasteiger partial charge in [-0.15, -0.1) is 10.2 Å². The minimum atomic E-state index is -0.474. The summed E-state index contributed by atoms with van der Waals surface area (Å²) in [6, 6.07) is 9.72. The predicted octanol–water partition coefficient (Wildman–Crippen LogP) is 2.61. The van der Waals surface area contributed by atoms with Crippen molar-refractivity contribution in [1.29, 1.82) is 0 Å². The van der Waals surface area contributed by atoms with Crippen molar-refractivity contribution in [2.45, 2.75) is 26.3 Å². The van der Waals surface area contributed by atoms with Gasteiger partial charge in [-0.3, -0.25) is 0 Å². The van der Waals surface area contributed by atoms with Crippen LogP contribution in [0, 0.1) is 0 Å². The fraction of sp³-hybridized carbons (Fsp3) is 0.389. The van der Waals surface area contributed by atoms with Crippen LogP contribution in [0.4, 0.5) is 5.82 Å². The third-order valence-corrected chi connectivity index (χ3v) is 4.03. The molecule has 1 aliphatic heterocycles. The molecule has 0 bridgehead atoms. The number of hydrogen-bond donors (Lipinski definition) is 0. The molecule has 0 saturated heterocycles. The van der Waals surface area contributed by atoms with E-state index in [2.05, 4.69) is 38.9 Å². The average Bonchev–Trinajstić information content (AvgIpc) is 2.65. The zero-order valence-electron chi connectivity index (χ0n) is 14.0. The molecule has 6 heteroatoms. The van der Waals surface area contributed by atoms with Crippen LogP contribution >= 0.6 is 0 Å². The molecule has 0 amide bonds. The fourth-order valence-electron chi connectivity index (χ4n) is 2.74. The van der Waals surface area contributed by atoms with Gasteiger partial charge in [-0.25, -0.2) is 4.79 Å². The molecule has 6 nitrogen and oxygen atoms in total. The van der Waals surface area contributed by atoms with Crippen LogP contribution in [0.1, 0.15) is 35.0 Å². The second-order valence-corrected chi connectivity index (χ2v) is 5.72. The number of benzene rings is 1. The minimum absolute atomic E-state index is 0.219. The lowest BCUT2D eigenvalue weighted by Gasteiger charge is -2.29. The number of rotatable bonds is 5. The third-order valence-electron chi connectivity index (χ3n) is 4.03. The Morgan fingerprint density at radius 3 is 2.79 bits per heavy atom. The van der Waals surface area contributed by atoms with Crippen LogP contribution in [0.2, 0.25) is 0 Å². The van der Waals surface area contributed by atoms with Crippen LogP contribution in [-0.2, 0) is 17.7 Å². The molecular formula is C18H21N3O3.